The molecule has 1 heterocycles. The van der Waals surface area contributed by atoms with Crippen LogP contribution in [0.15, 0.2) is 29.2 Å². The Balaban J connectivity index is 1.58. The van der Waals surface area contributed by atoms with Gasteiger partial charge in [0.1, 0.15) is 0 Å². The highest BCUT2D eigenvalue weighted by atomic mass is 32.2. The Hall–Kier alpha value is -1.82. The number of imide groups is 1. The lowest BCUT2D eigenvalue weighted by Crippen LogP contribution is -2.34. The summed E-state index contributed by atoms with van der Waals surface area (Å²) in [6, 6.07) is 7.58. The number of anilines is 1. The van der Waals surface area contributed by atoms with Crippen molar-refractivity contribution >= 4 is 35.2 Å². The summed E-state index contributed by atoms with van der Waals surface area (Å²) in [6.45, 7) is 0.179. The summed E-state index contributed by atoms with van der Waals surface area (Å²) in [4.78, 5) is 39.3. The van der Waals surface area contributed by atoms with Crippen molar-refractivity contribution in [2.24, 2.45) is 11.8 Å². The molecule has 0 radical (unpaired) electrons. The molecule has 1 N–H and O–H groups in total. The van der Waals surface area contributed by atoms with Gasteiger partial charge in [0, 0.05) is 17.9 Å². The maximum absolute atomic E-state index is 12.4. The molecule has 1 aliphatic heterocycles. The molecular weight excluding hydrogens is 324 g/mol. The summed E-state index contributed by atoms with van der Waals surface area (Å²) in [5.41, 5.74) is 0.766. The van der Waals surface area contributed by atoms with E-state index in [1.807, 2.05) is 30.5 Å². The average Bonchev–Trinajstić information content (AvgIpc) is 2.85. The molecule has 3 amide bonds. The Labute approximate surface area is 146 Å². The van der Waals surface area contributed by atoms with Gasteiger partial charge in [0.2, 0.25) is 17.7 Å². The number of amides is 3. The smallest absolute Gasteiger partial charge is 0.233 e. The Kier molecular flexibility index (Phi) is 5.23. The number of hydrogen-bond acceptors (Lipinski definition) is 4. The van der Waals surface area contributed by atoms with E-state index in [1.54, 1.807) is 11.8 Å². The highest BCUT2D eigenvalue weighted by Gasteiger charge is 2.47. The predicted octanol–water partition coefficient (Wildman–Crippen LogP) is 2.91. The van der Waals surface area contributed by atoms with Crippen LogP contribution in [0.25, 0.3) is 0 Å². The number of fused-ring (bicyclic) bond motifs is 1. The molecule has 2 fully saturated rings. The molecule has 2 aliphatic rings. The summed E-state index contributed by atoms with van der Waals surface area (Å²) in [5, 5.41) is 2.87. The number of benzene rings is 1. The molecule has 0 bridgehead atoms. The third-order valence-electron chi connectivity index (χ3n) is 4.88. The van der Waals surface area contributed by atoms with Crippen LogP contribution in [0.3, 0.4) is 0 Å². The van der Waals surface area contributed by atoms with Crippen LogP contribution in [0.2, 0.25) is 0 Å². The van der Waals surface area contributed by atoms with E-state index < -0.39 is 0 Å². The lowest BCUT2D eigenvalue weighted by atomic mass is 9.81. The number of thioether (sulfide) groups is 1. The normalized spacial score (nSPS) is 23.3. The van der Waals surface area contributed by atoms with Crippen molar-refractivity contribution in [2.45, 2.75) is 37.0 Å². The van der Waals surface area contributed by atoms with Gasteiger partial charge in [-0.05, 0) is 31.2 Å². The molecule has 2 atom stereocenters. The highest BCUT2D eigenvalue weighted by Crippen LogP contribution is 2.38. The fourth-order valence-corrected chi connectivity index (χ4v) is 4.18. The summed E-state index contributed by atoms with van der Waals surface area (Å²) in [7, 11) is 0. The number of para-hydroxylation sites is 1. The fourth-order valence-electron chi connectivity index (χ4n) is 3.63. The van der Waals surface area contributed by atoms with Crippen LogP contribution < -0.4 is 5.32 Å². The Morgan fingerprint density at radius 1 is 1.17 bits per heavy atom. The molecule has 0 spiro atoms. The Morgan fingerprint density at radius 2 is 1.79 bits per heavy atom. The third kappa shape index (κ3) is 3.34. The standard InChI is InChI=1S/C18H22N2O3S/c1-24-15-9-5-4-8-14(15)19-16(21)10-11-20-17(22)12-6-2-3-7-13(12)18(20)23/h4-5,8-9,12-13H,2-3,6-7,10-11H2,1H3,(H,19,21)/t12-,13+. The number of carbonyl (C=O) groups excluding carboxylic acids is 3. The van der Waals surface area contributed by atoms with Crippen molar-refractivity contribution in [3.63, 3.8) is 0 Å². The third-order valence-corrected chi connectivity index (χ3v) is 5.67. The molecule has 1 aromatic rings. The van der Waals surface area contributed by atoms with Crippen molar-refractivity contribution < 1.29 is 14.4 Å². The van der Waals surface area contributed by atoms with Gasteiger partial charge in [-0.2, -0.15) is 0 Å². The minimum Gasteiger partial charge on any atom is -0.325 e. The first kappa shape index (κ1) is 17.0. The fraction of sp³-hybridized carbons (Fsp3) is 0.500. The van der Waals surface area contributed by atoms with Crippen molar-refractivity contribution in [1.29, 1.82) is 0 Å². The van der Waals surface area contributed by atoms with Crippen LogP contribution in [-0.2, 0) is 14.4 Å². The van der Waals surface area contributed by atoms with Crippen LogP contribution in [0, 0.1) is 11.8 Å². The van der Waals surface area contributed by atoms with Crippen LogP contribution in [0.5, 0.6) is 0 Å². The Morgan fingerprint density at radius 3 is 2.42 bits per heavy atom. The number of hydrogen-bond donors (Lipinski definition) is 1. The van der Waals surface area contributed by atoms with Crippen molar-refractivity contribution in [2.75, 3.05) is 18.1 Å². The van der Waals surface area contributed by atoms with Gasteiger partial charge in [0.05, 0.1) is 17.5 Å². The quantitative estimate of drug-likeness (QED) is 0.658. The number of carbonyl (C=O) groups is 3. The lowest BCUT2D eigenvalue weighted by molar-refractivity contribution is -0.140. The molecule has 0 unspecified atom stereocenters. The summed E-state index contributed by atoms with van der Waals surface area (Å²) in [5.74, 6) is -0.631. The molecular formula is C18H22N2O3S. The first-order chi connectivity index (χ1) is 11.6. The average molecular weight is 346 g/mol. The zero-order chi connectivity index (χ0) is 17.1. The maximum Gasteiger partial charge on any atom is 0.233 e. The molecule has 6 heteroatoms. The van der Waals surface area contributed by atoms with Crippen LogP contribution >= 0.6 is 11.8 Å². The Bertz CT molecular complexity index is 637. The van der Waals surface area contributed by atoms with E-state index in [0.29, 0.717) is 0 Å². The first-order valence-electron chi connectivity index (χ1n) is 8.40. The molecule has 1 saturated heterocycles. The van der Waals surface area contributed by atoms with Crippen LogP contribution in [0.4, 0.5) is 5.69 Å². The van der Waals surface area contributed by atoms with E-state index in [2.05, 4.69) is 5.32 Å². The minimum absolute atomic E-state index is 0.0815. The van der Waals surface area contributed by atoms with Crippen molar-refractivity contribution in [3.8, 4) is 0 Å². The largest absolute Gasteiger partial charge is 0.325 e. The molecule has 128 valence electrons. The lowest BCUT2D eigenvalue weighted by Gasteiger charge is -2.19. The number of likely N-dealkylation sites (tertiary alicyclic amines) is 1. The molecule has 1 aromatic carbocycles. The second kappa shape index (κ2) is 7.38. The molecule has 5 nitrogen and oxygen atoms in total. The van der Waals surface area contributed by atoms with Gasteiger partial charge in [-0.25, -0.2) is 0 Å². The van der Waals surface area contributed by atoms with Gasteiger partial charge in [0.25, 0.3) is 0 Å². The zero-order valence-corrected chi connectivity index (χ0v) is 14.6. The zero-order valence-electron chi connectivity index (χ0n) is 13.8. The van der Waals surface area contributed by atoms with Crippen LogP contribution in [0.1, 0.15) is 32.1 Å². The number of rotatable bonds is 5. The van der Waals surface area contributed by atoms with E-state index in [9.17, 15) is 14.4 Å². The van der Waals surface area contributed by atoms with E-state index in [-0.39, 0.29) is 42.5 Å². The summed E-state index contributed by atoms with van der Waals surface area (Å²) in [6.07, 6.45) is 5.73. The monoisotopic (exact) mass is 346 g/mol. The molecule has 3 rings (SSSR count). The van der Waals surface area contributed by atoms with Crippen molar-refractivity contribution in [1.82, 2.24) is 4.90 Å². The number of nitrogens with zero attached hydrogens (tertiary/aromatic N) is 1. The predicted molar refractivity (Wildman–Crippen MR) is 93.6 cm³/mol. The van der Waals surface area contributed by atoms with Crippen molar-refractivity contribution in [3.05, 3.63) is 24.3 Å². The SMILES string of the molecule is CSc1ccccc1NC(=O)CCN1C(=O)[C@H]2CCCC[C@H]2C1=O. The first-order valence-corrected chi connectivity index (χ1v) is 9.62. The summed E-state index contributed by atoms with van der Waals surface area (Å²) < 4.78 is 0. The topological polar surface area (TPSA) is 66.5 Å². The van der Waals surface area contributed by atoms with E-state index in [1.165, 1.54) is 4.90 Å². The van der Waals surface area contributed by atoms with Gasteiger partial charge in [0.15, 0.2) is 0 Å². The molecule has 0 aromatic heterocycles. The highest BCUT2D eigenvalue weighted by molar-refractivity contribution is 7.98. The molecule has 24 heavy (non-hydrogen) atoms. The van der Waals surface area contributed by atoms with E-state index >= 15 is 0 Å². The maximum atomic E-state index is 12.4. The second-order valence-electron chi connectivity index (χ2n) is 6.32. The van der Waals surface area contributed by atoms with Gasteiger partial charge < -0.3 is 5.32 Å². The summed E-state index contributed by atoms with van der Waals surface area (Å²) >= 11 is 1.56. The molecule has 1 aliphatic carbocycles. The molecule has 1 saturated carbocycles. The number of nitrogens with one attached hydrogen (secondary N) is 1. The minimum atomic E-state index is -0.174. The van der Waals surface area contributed by atoms with Gasteiger partial charge in [-0.3, -0.25) is 19.3 Å². The van der Waals surface area contributed by atoms with Gasteiger partial charge in [-0.15, -0.1) is 11.8 Å². The second-order valence-corrected chi connectivity index (χ2v) is 7.17. The van der Waals surface area contributed by atoms with E-state index in [4.69, 9.17) is 0 Å². The van der Waals surface area contributed by atoms with Gasteiger partial charge in [-0.1, -0.05) is 25.0 Å². The van der Waals surface area contributed by atoms with Crippen LogP contribution in [-0.4, -0.2) is 35.4 Å². The van der Waals surface area contributed by atoms with E-state index in [0.717, 1.165) is 36.3 Å². The van der Waals surface area contributed by atoms with Gasteiger partial charge >= 0.3 is 0 Å².